The predicted molar refractivity (Wildman–Crippen MR) is 110 cm³/mol. The number of benzene rings is 1. The number of thioether (sulfide) groups is 1. The number of aryl methyl sites for hydroxylation is 1. The van der Waals surface area contributed by atoms with Gasteiger partial charge in [-0.1, -0.05) is 23.7 Å². The van der Waals surface area contributed by atoms with E-state index in [2.05, 4.69) is 9.97 Å². The first kappa shape index (κ1) is 18.9. The number of hydrogen-bond donors (Lipinski definition) is 0. The molecule has 1 aromatic carbocycles. The van der Waals surface area contributed by atoms with E-state index in [1.165, 1.54) is 11.3 Å². The Hall–Kier alpha value is -1.89. The molecule has 0 aliphatic heterocycles. The molecular weight excluding hydrogens is 386 g/mol. The van der Waals surface area contributed by atoms with Crippen LogP contribution >= 0.6 is 34.7 Å². The lowest BCUT2D eigenvalue weighted by Gasteiger charge is -2.21. The Bertz CT molecular complexity index is 925. The summed E-state index contributed by atoms with van der Waals surface area (Å²) >= 11 is 8.92. The third-order valence-corrected chi connectivity index (χ3v) is 6.01. The van der Waals surface area contributed by atoms with Gasteiger partial charge in [0.05, 0.1) is 21.4 Å². The summed E-state index contributed by atoms with van der Waals surface area (Å²) in [6.45, 7) is 5.63. The van der Waals surface area contributed by atoms with E-state index in [9.17, 15) is 4.79 Å². The Kier molecular flexibility index (Phi) is 5.96. The predicted octanol–water partition coefficient (Wildman–Crippen LogP) is 5.79. The number of anilines is 2. The molecule has 0 radical (unpaired) electrons. The molecule has 4 nitrogen and oxygen atoms in total. The van der Waals surface area contributed by atoms with Crippen molar-refractivity contribution in [2.24, 2.45) is 0 Å². The number of nitrogens with zero attached hydrogens (tertiary/aromatic N) is 3. The quantitative estimate of drug-likeness (QED) is 0.506. The summed E-state index contributed by atoms with van der Waals surface area (Å²) in [5.74, 6) is 0.635. The average Bonchev–Trinajstić information content (AvgIpc) is 3.06. The molecular formula is C19H18ClN3OS2. The van der Waals surface area contributed by atoms with Crippen molar-refractivity contribution in [1.82, 2.24) is 9.97 Å². The monoisotopic (exact) mass is 403 g/mol. The minimum absolute atomic E-state index is 0.0494. The van der Waals surface area contributed by atoms with Gasteiger partial charge in [-0.05, 0) is 43.2 Å². The fraction of sp³-hybridized carbons (Fsp3) is 0.211. The van der Waals surface area contributed by atoms with Gasteiger partial charge in [-0.15, -0.1) is 23.1 Å². The number of thiazole rings is 1. The molecule has 0 bridgehead atoms. The summed E-state index contributed by atoms with van der Waals surface area (Å²) in [7, 11) is 0. The molecule has 1 amide bonds. The molecule has 3 aromatic rings. The Morgan fingerprint density at radius 3 is 2.77 bits per heavy atom. The smallest absolute Gasteiger partial charge is 0.230 e. The normalized spacial score (nSPS) is 10.8. The highest BCUT2D eigenvalue weighted by Gasteiger charge is 2.20. The van der Waals surface area contributed by atoms with Gasteiger partial charge in [-0.3, -0.25) is 9.69 Å². The van der Waals surface area contributed by atoms with Crippen molar-refractivity contribution in [3.8, 4) is 0 Å². The molecule has 0 aliphatic rings. The minimum atomic E-state index is -0.0494. The zero-order valence-electron chi connectivity index (χ0n) is 14.7. The number of pyridine rings is 1. The van der Waals surface area contributed by atoms with Gasteiger partial charge in [0.15, 0.2) is 5.13 Å². The lowest BCUT2D eigenvalue weighted by molar-refractivity contribution is -0.115. The Morgan fingerprint density at radius 2 is 2.08 bits per heavy atom. The Morgan fingerprint density at radius 1 is 1.27 bits per heavy atom. The van der Waals surface area contributed by atoms with E-state index in [4.69, 9.17) is 11.6 Å². The number of carbonyl (C=O) groups is 1. The van der Waals surface area contributed by atoms with Crippen LogP contribution in [-0.2, 0) is 10.5 Å². The van der Waals surface area contributed by atoms with Crippen LogP contribution in [0.2, 0.25) is 5.02 Å². The molecule has 0 saturated carbocycles. The van der Waals surface area contributed by atoms with Crippen molar-refractivity contribution >= 4 is 51.4 Å². The van der Waals surface area contributed by atoms with Crippen LogP contribution in [0, 0.1) is 13.8 Å². The van der Waals surface area contributed by atoms with Gasteiger partial charge < -0.3 is 0 Å². The second-order valence-electron chi connectivity index (χ2n) is 5.80. The van der Waals surface area contributed by atoms with E-state index in [0.717, 1.165) is 27.5 Å². The van der Waals surface area contributed by atoms with E-state index in [1.807, 2.05) is 49.6 Å². The van der Waals surface area contributed by atoms with Gasteiger partial charge in [-0.2, -0.15) is 0 Å². The second-order valence-corrected chi connectivity index (χ2v) is 8.07. The van der Waals surface area contributed by atoms with Gasteiger partial charge >= 0.3 is 0 Å². The maximum atomic E-state index is 12.3. The highest BCUT2D eigenvalue weighted by molar-refractivity contribution is 7.98. The fourth-order valence-corrected chi connectivity index (χ4v) is 4.28. The first-order chi connectivity index (χ1) is 12.5. The average molecular weight is 404 g/mol. The van der Waals surface area contributed by atoms with E-state index in [0.29, 0.717) is 15.9 Å². The van der Waals surface area contributed by atoms with E-state index >= 15 is 0 Å². The van der Waals surface area contributed by atoms with Crippen molar-refractivity contribution in [3.05, 3.63) is 63.8 Å². The van der Waals surface area contributed by atoms with Crippen molar-refractivity contribution in [3.63, 3.8) is 0 Å². The Balaban J connectivity index is 1.80. The summed E-state index contributed by atoms with van der Waals surface area (Å²) in [4.78, 5) is 22.9. The van der Waals surface area contributed by atoms with E-state index in [1.54, 1.807) is 29.8 Å². The lowest BCUT2D eigenvalue weighted by atomic mass is 10.1. The van der Waals surface area contributed by atoms with Gasteiger partial charge in [0.2, 0.25) is 5.91 Å². The summed E-state index contributed by atoms with van der Waals surface area (Å²) in [5, 5.41) is 4.18. The van der Waals surface area contributed by atoms with Gasteiger partial charge in [0, 0.05) is 24.3 Å². The SMILES string of the molecule is CC(=O)N(c1nc(CSc2ccc(Cl)cn2)cs1)c1cccc(C)c1C. The number of aromatic nitrogens is 2. The molecule has 3 rings (SSSR count). The number of amides is 1. The first-order valence-corrected chi connectivity index (χ1v) is 10.3. The number of halogens is 1. The third-order valence-electron chi connectivity index (χ3n) is 3.93. The number of carbonyl (C=O) groups excluding carboxylic acids is 1. The minimum Gasteiger partial charge on any atom is -0.274 e. The van der Waals surface area contributed by atoms with E-state index < -0.39 is 0 Å². The standard InChI is InChI=1S/C19H18ClN3OS2/c1-12-5-4-6-17(13(12)2)23(14(3)24)19-22-16(11-26-19)10-25-18-8-7-15(20)9-21-18/h4-9,11H,10H2,1-3H3. The Labute approximate surface area is 166 Å². The molecule has 0 N–H and O–H groups in total. The highest BCUT2D eigenvalue weighted by atomic mass is 35.5. The van der Waals surface area contributed by atoms with Gasteiger partial charge in [-0.25, -0.2) is 9.97 Å². The van der Waals surface area contributed by atoms with E-state index in [-0.39, 0.29) is 5.91 Å². The topological polar surface area (TPSA) is 46.1 Å². The number of hydrogen-bond acceptors (Lipinski definition) is 5. The van der Waals surface area contributed by atoms with Gasteiger partial charge in [0.25, 0.3) is 0 Å². The van der Waals surface area contributed by atoms with Crippen LogP contribution in [0.5, 0.6) is 0 Å². The highest BCUT2D eigenvalue weighted by Crippen LogP contribution is 2.33. The van der Waals surface area contributed by atoms with Gasteiger partial charge in [0.1, 0.15) is 0 Å². The maximum absolute atomic E-state index is 12.3. The molecule has 0 unspecified atom stereocenters. The van der Waals surface area contributed by atoms with Crippen LogP contribution in [0.4, 0.5) is 10.8 Å². The molecule has 0 aliphatic carbocycles. The summed E-state index contributed by atoms with van der Waals surface area (Å²) in [6.07, 6.45) is 1.63. The van der Waals surface area contributed by atoms with Crippen LogP contribution in [0.3, 0.4) is 0 Å². The van der Waals surface area contributed by atoms with Crippen LogP contribution < -0.4 is 4.90 Å². The molecule has 2 aromatic heterocycles. The zero-order chi connectivity index (χ0) is 18.7. The fourth-order valence-electron chi connectivity index (χ4n) is 2.45. The summed E-state index contributed by atoms with van der Waals surface area (Å²) < 4.78 is 0. The van der Waals surface area contributed by atoms with Crippen molar-refractivity contribution in [2.75, 3.05) is 4.90 Å². The lowest BCUT2D eigenvalue weighted by Crippen LogP contribution is -2.23. The molecule has 134 valence electrons. The second kappa shape index (κ2) is 8.20. The molecule has 2 heterocycles. The molecule has 0 fully saturated rings. The largest absolute Gasteiger partial charge is 0.274 e. The molecule has 7 heteroatoms. The summed E-state index contributed by atoms with van der Waals surface area (Å²) in [5.41, 5.74) is 4.03. The van der Waals surface area contributed by atoms with Crippen molar-refractivity contribution < 1.29 is 4.79 Å². The molecule has 26 heavy (non-hydrogen) atoms. The summed E-state index contributed by atoms with van der Waals surface area (Å²) in [6, 6.07) is 9.67. The molecule has 0 spiro atoms. The molecule has 0 saturated heterocycles. The van der Waals surface area contributed by atoms with Crippen LogP contribution in [0.1, 0.15) is 23.7 Å². The van der Waals surface area contributed by atoms with Crippen molar-refractivity contribution in [1.29, 1.82) is 0 Å². The van der Waals surface area contributed by atoms with Crippen molar-refractivity contribution in [2.45, 2.75) is 31.6 Å². The maximum Gasteiger partial charge on any atom is 0.230 e. The van der Waals surface area contributed by atoms with Crippen LogP contribution in [0.15, 0.2) is 46.9 Å². The first-order valence-electron chi connectivity index (χ1n) is 8.01. The third kappa shape index (κ3) is 4.26. The van der Waals surface area contributed by atoms with Crippen LogP contribution in [0.25, 0.3) is 0 Å². The van der Waals surface area contributed by atoms with Crippen LogP contribution in [-0.4, -0.2) is 15.9 Å². The number of rotatable bonds is 5. The molecule has 0 atom stereocenters. The zero-order valence-corrected chi connectivity index (χ0v) is 17.1.